The summed E-state index contributed by atoms with van der Waals surface area (Å²) >= 11 is 0. The molecule has 1 spiro atoms. The minimum atomic E-state index is -1.04. The van der Waals surface area contributed by atoms with Crippen LogP contribution in [0.4, 0.5) is 11.4 Å². The fourth-order valence-corrected chi connectivity index (χ4v) is 4.07. The minimum Gasteiger partial charge on any atom is -0.331 e. The summed E-state index contributed by atoms with van der Waals surface area (Å²) < 4.78 is 6.34. The Morgan fingerprint density at radius 2 is 1.88 bits per heavy atom. The van der Waals surface area contributed by atoms with Gasteiger partial charge < -0.3 is 15.0 Å². The van der Waals surface area contributed by atoms with Crippen molar-refractivity contribution in [3.05, 3.63) is 59.7 Å². The first-order chi connectivity index (χ1) is 12.1. The number of nitrogens with zero attached hydrogens (tertiary/aromatic N) is 2. The number of hydrogen-bond acceptors (Lipinski definition) is 4. The van der Waals surface area contributed by atoms with Crippen LogP contribution in [0.2, 0.25) is 0 Å². The Bertz CT molecular complexity index is 912. The van der Waals surface area contributed by atoms with Crippen molar-refractivity contribution in [1.29, 1.82) is 0 Å². The summed E-state index contributed by atoms with van der Waals surface area (Å²) in [7, 11) is 1.89. The molecule has 2 aromatic carbocycles. The van der Waals surface area contributed by atoms with Crippen LogP contribution in [0, 0.1) is 0 Å². The van der Waals surface area contributed by atoms with E-state index in [2.05, 4.69) is 5.32 Å². The average Bonchev–Trinajstić information content (AvgIpc) is 2.91. The molecule has 2 aromatic rings. The molecule has 6 nitrogen and oxygen atoms in total. The first kappa shape index (κ1) is 14.5. The van der Waals surface area contributed by atoms with Crippen molar-refractivity contribution >= 4 is 23.2 Å². The molecule has 2 atom stereocenters. The molecule has 0 aliphatic carbocycles. The standard InChI is InChI=1S/C19H17N3O3/c1-21-15-9-5-2-6-12(15)16(23)22-11-10-19(25-18(21)22)13-7-3-4-8-14(13)20-17(19)24/h2-9,18H,10-11H2,1H3,(H,20,24)/t18-,19-/m1/s1. The number of carbonyl (C=O) groups excluding carboxylic acids is 2. The summed E-state index contributed by atoms with van der Waals surface area (Å²) in [5.41, 5.74) is 2.07. The topological polar surface area (TPSA) is 61.9 Å². The minimum absolute atomic E-state index is 0.0553. The summed E-state index contributed by atoms with van der Waals surface area (Å²) in [6.07, 6.45) is -0.165. The third-order valence-corrected chi connectivity index (χ3v) is 5.36. The second kappa shape index (κ2) is 4.83. The number of hydrogen-bond donors (Lipinski definition) is 1. The Morgan fingerprint density at radius 1 is 1.12 bits per heavy atom. The van der Waals surface area contributed by atoms with Gasteiger partial charge in [0, 0.05) is 31.3 Å². The van der Waals surface area contributed by atoms with E-state index in [9.17, 15) is 9.59 Å². The molecule has 0 unspecified atom stereocenters. The predicted octanol–water partition coefficient (Wildman–Crippen LogP) is 2.13. The largest absolute Gasteiger partial charge is 0.331 e. The molecule has 1 saturated heterocycles. The molecule has 3 heterocycles. The van der Waals surface area contributed by atoms with Gasteiger partial charge in [0.15, 0.2) is 5.60 Å². The van der Waals surface area contributed by atoms with Crippen molar-refractivity contribution in [2.75, 3.05) is 23.8 Å². The second-order valence-corrected chi connectivity index (χ2v) is 6.65. The lowest BCUT2D eigenvalue weighted by atomic mass is 9.89. The maximum Gasteiger partial charge on any atom is 0.261 e. The summed E-state index contributed by atoms with van der Waals surface area (Å²) in [6.45, 7) is 0.462. The quantitative estimate of drug-likeness (QED) is 0.801. The number of rotatable bonds is 0. The van der Waals surface area contributed by atoms with E-state index in [-0.39, 0.29) is 11.8 Å². The van der Waals surface area contributed by atoms with E-state index >= 15 is 0 Å². The number of carbonyl (C=O) groups is 2. The monoisotopic (exact) mass is 335 g/mol. The normalized spacial score (nSPS) is 27.0. The molecule has 25 heavy (non-hydrogen) atoms. The molecule has 6 heteroatoms. The maximum atomic E-state index is 12.8. The van der Waals surface area contributed by atoms with E-state index in [1.54, 1.807) is 4.90 Å². The lowest BCUT2D eigenvalue weighted by Gasteiger charge is -2.50. The lowest BCUT2D eigenvalue weighted by molar-refractivity contribution is -0.189. The van der Waals surface area contributed by atoms with Crippen LogP contribution in [0.1, 0.15) is 22.3 Å². The van der Waals surface area contributed by atoms with E-state index in [1.165, 1.54) is 0 Å². The Morgan fingerprint density at radius 3 is 2.76 bits per heavy atom. The van der Waals surface area contributed by atoms with Crippen molar-refractivity contribution in [3.63, 3.8) is 0 Å². The van der Waals surface area contributed by atoms with Gasteiger partial charge in [0.1, 0.15) is 0 Å². The van der Waals surface area contributed by atoms with Crippen LogP contribution in [0.5, 0.6) is 0 Å². The summed E-state index contributed by atoms with van der Waals surface area (Å²) in [4.78, 5) is 29.2. The number of fused-ring (bicyclic) bond motifs is 4. The molecule has 2 amide bonds. The maximum absolute atomic E-state index is 12.8. The summed E-state index contributed by atoms with van der Waals surface area (Å²) in [6, 6.07) is 15.1. The molecule has 126 valence electrons. The molecule has 1 N–H and O–H groups in total. The number of amides is 2. The average molecular weight is 335 g/mol. The molecule has 3 aliphatic rings. The van der Waals surface area contributed by atoms with Gasteiger partial charge in [-0.1, -0.05) is 30.3 Å². The van der Waals surface area contributed by atoms with Crippen LogP contribution < -0.4 is 10.2 Å². The van der Waals surface area contributed by atoms with Gasteiger partial charge in [-0.2, -0.15) is 0 Å². The highest BCUT2D eigenvalue weighted by Gasteiger charge is 2.55. The van der Waals surface area contributed by atoms with Gasteiger partial charge in [-0.05, 0) is 18.2 Å². The van der Waals surface area contributed by atoms with Crippen molar-refractivity contribution in [3.8, 4) is 0 Å². The second-order valence-electron chi connectivity index (χ2n) is 6.65. The zero-order valence-electron chi connectivity index (χ0n) is 13.7. The number of anilines is 2. The van der Waals surface area contributed by atoms with E-state index < -0.39 is 12.0 Å². The highest BCUT2D eigenvalue weighted by Crippen LogP contribution is 2.46. The molecule has 0 bridgehead atoms. The van der Waals surface area contributed by atoms with E-state index in [0.29, 0.717) is 18.5 Å². The van der Waals surface area contributed by atoms with Crippen molar-refractivity contribution in [1.82, 2.24) is 4.90 Å². The van der Waals surface area contributed by atoms with Crippen LogP contribution in [-0.2, 0) is 15.1 Å². The molecule has 0 radical (unpaired) electrons. The smallest absolute Gasteiger partial charge is 0.261 e. The van der Waals surface area contributed by atoms with Gasteiger partial charge in [-0.3, -0.25) is 14.5 Å². The Hall–Kier alpha value is -2.86. The van der Waals surface area contributed by atoms with Crippen molar-refractivity contribution in [2.24, 2.45) is 0 Å². The Kier molecular flexibility index (Phi) is 2.80. The van der Waals surface area contributed by atoms with Gasteiger partial charge >= 0.3 is 0 Å². The van der Waals surface area contributed by atoms with Crippen LogP contribution in [0.15, 0.2) is 48.5 Å². The number of nitrogens with one attached hydrogen (secondary N) is 1. The Balaban J connectivity index is 1.60. The zero-order valence-corrected chi connectivity index (χ0v) is 13.7. The number of ether oxygens (including phenoxy) is 1. The number of para-hydroxylation sites is 2. The third kappa shape index (κ3) is 1.77. The van der Waals surface area contributed by atoms with Gasteiger partial charge in [-0.15, -0.1) is 0 Å². The Labute approximate surface area is 145 Å². The fourth-order valence-electron chi connectivity index (χ4n) is 4.07. The van der Waals surface area contributed by atoms with Gasteiger partial charge in [0.25, 0.3) is 11.8 Å². The lowest BCUT2D eigenvalue weighted by Crippen LogP contribution is -2.63. The van der Waals surface area contributed by atoms with Crippen LogP contribution in [-0.4, -0.2) is 36.7 Å². The van der Waals surface area contributed by atoms with Crippen molar-refractivity contribution < 1.29 is 14.3 Å². The van der Waals surface area contributed by atoms with E-state index in [1.807, 2.05) is 60.5 Å². The molecule has 0 aromatic heterocycles. The molecule has 1 fully saturated rings. The SMILES string of the molecule is CN1c2ccccc2C(=O)N2CC[C@]3(O[C@@H]21)C(=O)Nc1ccccc13. The molecular weight excluding hydrogens is 318 g/mol. The van der Waals surface area contributed by atoms with E-state index in [4.69, 9.17) is 4.74 Å². The fraction of sp³-hybridized carbons (Fsp3) is 0.263. The summed E-state index contributed by atoms with van der Waals surface area (Å²) in [5.74, 6) is -0.215. The van der Waals surface area contributed by atoms with Gasteiger partial charge in [0.05, 0.1) is 11.3 Å². The summed E-state index contributed by atoms with van der Waals surface area (Å²) in [5, 5.41) is 2.91. The van der Waals surface area contributed by atoms with Crippen LogP contribution >= 0.6 is 0 Å². The van der Waals surface area contributed by atoms with Gasteiger partial charge in [-0.25, -0.2) is 0 Å². The van der Waals surface area contributed by atoms with Crippen LogP contribution in [0.25, 0.3) is 0 Å². The van der Waals surface area contributed by atoms with Gasteiger partial charge in [0.2, 0.25) is 6.35 Å². The first-order valence-corrected chi connectivity index (χ1v) is 8.33. The van der Waals surface area contributed by atoms with E-state index in [0.717, 1.165) is 16.9 Å². The molecular formula is C19H17N3O3. The zero-order chi connectivity index (χ0) is 17.2. The first-order valence-electron chi connectivity index (χ1n) is 8.33. The molecule has 5 rings (SSSR count). The highest BCUT2D eigenvalue weighted by atomic mass is 16.6. The van der Waals surface area contributed by atoms with Crippen LogP contribution in [0.3, 0.4) is 0 Å². The molecule has 3 aliphatic heterocycles. The molecule has 0 saturated carbocycles. The highest BCUT2D eigenvalue weighted by molar-refractivity contribution is 6.06. The van der Waals surface area contributed by atoms with Crippen molar-refractivity contribution in [2.45, 2.75) is 18.4 Å². The predicted molar refractivity (Wildman–Crippen MR) is 92.1 cm³/mol. The number of benzene rings is 2. The third-order valence-electron chi connectivity index (χ3n) is 5.36.